The Labute approximate surface area is 329 Å². The number of pyridine rings is 1. The van der Waals surface area contributed by atoms with Gasteiger partial charge in [-0.25, -0.2) is 9.67 Å². The van der Waals surface area contributed by atoms with Crippen molar-refractivity contribution in [3.63, 3.8) is 0 Å². The maximum Gasteiger partial charge on any atom is 0.137 e. The van der Waals surface area contributed by atoms with Gasteiger partial charge in [0.25, 0.3) is 0 Å². The zero-order valence-corrected chi connectivity index (χ0v) is 35.5. The number of nitrogens with zero attached hydrogens (tertiary/aromatic N) is 4. The summed E-state index contributed by atoms with van der Waals surface area (Å²) in [6.07, 6.45) is 5.79. The number of aryl methyl sites for hydroxylation is 1. The third-order valence-electron chi connectivity index (χ3n) is 12.3. The van der Waals surface area contributed by atoms with Gasteiger partial charge in [-0.15, -0.1) is 0 Å². The summed E-state index contributed by atoms with van der Waals surface area (Å²) in [5, 5.41) is 7.68. The van der Waals surface area contributed by atoms with Crippen LogP contribution in [0.25, 0.3) is 33.3 Å². The zero-order valence-electron chi connectivity index (χ0n) is 35.5. The summed E-state index contributed by atoms with van der Waals surface area (Å²) in [6.45, 7) is 30.1. The number of fused-ring (bicyclic) bond motifs is 3. The molecular weight excluding hydrogens is 673 g/mol. The fourth-order valence-electron chi connectivity index (χ4n) is 9.05. The molecule has 0 bridgehead atoms. The molecule has 3 aromatic heterocycles. The highest BCUT2D eigenvalue weighted by Gasteiger charge is 2.39. The summed E-state index contributed by atoms with van der Waals surface area (Å²) in [5.41, 5.74) is 11.1. The maximum absolute atomic E-state index is 6.84. The summed E-state index contributed by atoms with van der Waals surface area (Å²) in [5.74, 6) is 6.08. The summed E-state index contributed by atoms with van der Waals surface area (Å²) < 4.78 is 11.3. The van der Waals surface area contributed by atoms with Crippen LogP contribution in [0.2, 0.25) is 0 Å². The molecule has 7 rings (SSSR count). The molecule has 0 aliphatic heterocycles. The van der Waals surface area contributed by atoms with E-state index >= 15 is 0 Å². The van der Waals surface area contributed by atoms with Gasteiger partial charge in [-0.3, -0.25) is 4.57 Å². The quantitative estimate of drug-likeness (QED) is 0.139. The first kappa shape index (κ1) is 38.6. The first-order valence-electron chi connectivity index (χ1n) is 20.6. The van der Waals surface area contributed by atoms with Gasteiger partial charge in [0.05, 0.1) is 22.4 Å². The van der Waals surface area contributed by atoms with Gasteiger partial charge in [0.15, 0.2) is 0 Å². The highest BCUT2D eigenvalue weighted by molar-refractivity contribution is 6.09. The Morgan fingerprint density at radius 2 is 1.47 bits per heavy atom. The molecule has 0 fully saturated rings. The zero-order chi connectivity index (χ0) is 39.5. The molecular formula is C50H62N4O. The normalized spacial score (nSPS) is 18.1. The molecule has 0 amide bonds. The molecule has 1 aliphatic carbocycles. The van der Waals surface area contributed by atoms with Crippen LogP contribution in [0.5, 0.6) is 11.5 Å². The Morgan fingerprint density at radius 3 is 2.15 bits per heavy atom. The third kappa shape index (κ3) is 7.28. The predicted molar refractivity (Wildman–Crippen MR) is 231 cm³/mol. The van der Waals surface area contributed by atoms with E-state index in [9.17, 15) is 0 Å². The summed E-state index contributed by atoms with van der Waals surface area (Å²) >= 11 is 0. The van der Waals surface area contributed by atoms with Gasteiger partial charge in [0.1, 0.15) is 17.3 Å². The molecule has 1 unspecified atom stereocenters. The van der Waals surface area contributed by atoms with Crippen molar-refractivity contribution in [3.05, 3.63) is 119 Å². The van der Waals surface area contributed by atoms with Crippen LogP contribution in [-0.2, 0) is 5.41 Å². The van der Waals surface area contributed by atoms with Crippen LogP contribution in [0.3, 0.4) is 0 Å². The van der Waals surface area contributed by atoms with E-state index in [1.807, 2.05) is 6.20 Å². The van der Waals surface area contributed by atoms with Crippen molar-refractivity contribution in [3.8, 4) is 23.0 Å². The molecule has 3 heterocycles. The average molecular weight is 735 g/mol. The number of hydrogen-bond donors (Lipinski definition) is 0. The highest BCUT2D eigenvalue weighted by Crippen LogP contribution is 2.50. The van der Waals surface area contributed by atoms with Crippen molar-refractivity contribution in [1.82, 2.24) is 19.3 Å². The van der Waals surface area contributed by atoms with Crippen LogP contribution in [0, 0.1) is 43.4 Å². The van der Waals surface area contributed by atoms with E-state index in [-0.39, 0.29) is 5.41 Å². The Balaban J connectivity index is 1.32. The molecule has 0 saturated heterocycles. The van der Waals surface area contributed by atoms with E-state index in [1.165, 1.54) is 39.6 Å². The molecule has 1 aliphatic rings. The van der Waals surface area contributed by atoms with Crippen molar-refractivity contribution in [2.45, 2.75) is 114 Å². The third-order valence-corrected chi connectivity index (χ3v) is 12.3. The van der Waals surface area contributed by atoms with Crippen molar-refractivity contribution < 1.29 is 4.74 Å². The van der Waals surface area contributed by atoms with Crippen LogP contribution < -0.4 is 4.74 Å². The van der Waals surface area contributed by atoms with Gasteiger partial charge in [0.2, 0.25) is 0 Å². The van der Waals surface area contributed by atoms with E-state index in [1.54, 1.807) is 5.57 Å². The molecule has 3 aromatic carbocycles. The largest absolute Gasteiger partial charge is 0.457 e. The highest BCUT2D eigenvalue weighted by atomic mass is 16.5. The minimum atomic E-state index is 0.00682. The maximum atomic E-state index is 6.84. The Morgan fingerprint density at radius 1 is 0.745 bits per heavy atom. The second-order valence-corrected chi connectivity index (χ2v) is 18.5. The second-order valence-electron chi connectivity index (χ2n) is 18.5. The standard InChI is InChI=1S/C50H62N4O/c1-29(2)35-22-38(54-34(10)48(33(9)52-54)49-43(31(5)6)24-36(30(3)4)25-44(49)32(7)8)27-40(23-35)55-39-18-19-42-41-16-14-15-17-45(41)53(46(42)28-39)47-26-37(20-21-51-47)50(11,12)13/h14-24,26-32,36,44,49H,25H2,1-13H3/t36-,44+,49?/m0/s1. The number of rotatable bonds is 9. The molecule has 55 heavy (non-hydrogen) atoms. The smallest absolute Gasteiger partial charge is 0.137 e. The molecule has 288 valence electrons. The minimum absolute atomic E-state index is 0.00682. The Bertz CT molecular complexity index is 2380. The second kappa shape index (κ2) is 14.8. The lowest BCUT2D eigenvalue weighted by atomic mass is 9.63. The SMILES string of the molecule is Cc1nn(-c2cc(Oc3ccc4c5ccccc5n(-c5cc(C(C)(C)C)ccn5)c4c3)cc(C(C)C)c2)c(C)c1C1C(C(C)C)=C[C@H](C(C)C)C[C@@H]1C(C)C. The van der Waals surface area contributed by atoms with Crippen LogP contribution in [0.4, 0.5) is 0 Å². The number of aromatic nitrogens is 4. The molecule has 3 atom stereocenters. The number of para-hydroxylation sites is 1. The first-order valence-corrected chi connectivity index (χ1v) is 20.6. The fourth-order valence-corrected chi connectivity index (χ4v) is 9.05. The van der Waals surface area contributed by atoms with Crippen LogP contribution >= 0.6 is 0 Å². The van der Waals surface area contributed by atoms with Gasteiger partial charge in [-0.1, -0.05) is 106 Å². The van der Waals surface area contributed by atoms with Gasteiger partial charge in [-0.2, -0.15) is 5.10 Å². The monoisotopic (exact) mass is 734 g/mol. The Kier molecular flexibility index (Phi) is 10.4. The molecule has 0 N–H and O–H groups in total. The average Bonchev–Trinajstić information content (AvgIpc) is 3.62. The molecule has 5 heteroatoms. The van der Waals surface area contributed by atoms with Crippen LogP contribution in [0.1, 0.15) is 122 Å². The lowest BCUT2D eigenvalue weighted by molar-refractivity contribution is 0.232. The van der Waals surface area contributed by atoms with Crippen molar-refractivity contribution >= 4 is 21.8 Å². The van der Waals surface area contributed by atoms with Crippen molar-refractivity contribution in [2.24, 2.45) is 29.6 Å². The van der Waals surface area contributed by atoms with Gasteiger partial charge < -0.3 is 4.74 Å². The summed E-state index contributed by atoms with van der Waals surface area (Å²) in [7, 11) is 0. The van der Waals surface area contributed by atoms with Crippen molar-refractivity contribution in [2.75, 3.05) is 0 Å². The van der Waals surface area contributed by atoms with E-state index in [0.29, 0.717) is 41.4 Å². The van der Waals surface area contributed by atoms with Gasteiger partial charge >= 0.3 is 0 Å². The predicted octanol–water partition coefficient (Wildman–Crippen LogP) is 13.8. The lowest BCUT2D eigenvalue weighted by Crippen LogP contribution is -2.31. The van der Waals surface area contributed by atoms with E-state index < -0.39 is 0 Å². The van der Waals surface area contributed by atoms with Gasteiger partial charge in [-0.05, 0) is 115 Å². The fraction of sp³-hybridized carbons (Fsp3) is 0.440. The minimum Gasteiger partial charge on any atom is -0.457 e. The molecule has 0 radical (unpaired) electrons. The number of benzene rings is 3. The van der Waals surface area contributed by atoms with Crippen LogP contribution in [-0.4, -0.2) is 19.3 Å². The Hall–Kier alpha value is -4.64. The van der Waals surface area contributed by atoms with Gasteiger partial charge in [0, 0.05) is 46.3 Å². The topological polar surface area (TPSA) is 44.9 Å². The number of allylic oxidation sites excluding steroid dienone is 2. The summed E-state index contributed by atoms with van der Waals surface area (Å²) in [6, 6.07) is 26.0. The molecule has 0 spiro atoms. The van der Waals surface area contributed by atoms with Crippen LogP contribution in [0.15, 0.2) is 90.6 Å². The molecule has 5 nitrogen and oxygen atoms in total. The van der Waals surface area contributed by atoms with E-state index in [4.69, 9.17) is 14.8 Å². The lowest BCUT2D eigenvalue weighted by Gasteiger charge is -2.41. The molecule has 0 saturated carbocycles. The summed E-state index contributed by atoms with van der Waals surface area (Å²) in [4.78, 5) is 4.89. The van der Waals surface area contributed by atoms with E-state index in [0.717, 1.165) is 39.7 Å². The first-order chi connectivity index (χ1) is 26.0. The molecule has 6 aromatic rings. The number of hydrogen-bond acceptors (Lipinski definition) is 3. The van der Waals surface area contributed by atoms with E-state index in [2.05, 4.69) is 178 Å². The van der Waals surface area contributed by atoms with Crippen molar-refractivity contribution in [1.29, 1.82) is 0 Å². The number of ether oxygens (including phenoxy) is 1.